The Balaban J connectivity index is 2.36. The minimum atomic E-state index is 0.232. The van der Waals surface area contributed by atoms with Crippen molar-refractivity contribution in [2.45, 2.75) is 6.61 Å². The molecule has 0 saturated carbocycles. The van der Waals surface area contributed by atoms with Crippen LogP contribution in [0.4, 0.5) is 0 Å². The van der Waals surface area contributed by atoms with Gasteiger partial charge >= 0.3 is 0 Å². The molecule has 0 unspecified atom stereocenters. The van der Waals surface area contributed by atoms with Gasteiger partial charge in [-0.15, -0.1) is 0 Å². The number of carbonyl (C=O) groups excluding carboxylic acids is 1. The topological polar surface area (TPSA) is 64.2 Å². The van der Waals surface area contributed by atoms with Crippen LogP contribution in [0.3, 0.4) is 0 Å². The number of ether oxygens (including phenoxy) is 2. The van der Waals surface area contributed by atoms with E-state index in [1.807, 2.05) is 0 Å². The fraction of sp³-hybridized carbons (Fsp3) is 0.429. The fourth-order valence-corrected chi connectivity index (χ4v) is 0.749. The van der Waals surface area contributed by atoms with E-state index in [-0.39, 0.29) is 6.79 Å². The van der Waals surface area contributed by atoms with Crippen molar-refractivity contribution in [3.05, 3.63) is 17.5 Å². The summed E-state index contributed by atoms with van der Waals surface area (Å²) in [6.45, 7) is 0.601. The van der Waals surface area contributed by atoms with Crippen molar-refractivity contribution in [1.29, 1.82) is 0 Å². The zero-order chi connectivity index (χ0) is 8.81. The highest BCUT2D eigenvalue weighted by molar-refractivity contribution is 5.71. The fourth-order valence-electron chi connectivity index (χ4n) is 0.749. The summed E-state index contributed by atoms with van der Waals surface area (Å²) in [7, 11) is 1.55. The van der Waals surface area contributed by atoms with Crippen molar-refractivity contribution >= 4 is 6.29 Å². The number of aromatic amines is 1. The van der Waals surface area contributed by atoms with Gasteiger partial charge in [-0.05, 0) is 6.07 Å². The normalized spacial score (nSPS) is 10.1. The van der Waals surface area contributed by atoms with Crippen molar-refractivity contribution in [2.75, 3.05) is 13.9 Å². The van der Waals surface area contributed by atoms with Gasteiger partial charge in [-0.3, -0.25) is 9.89 Å². The Kier molecular flexibility index (Phi) is 3.43. The van der Waals surface area contributed by atoms with Crippen molar-refractivity contribution in [2.24, 2.45) is 0 Å². The summed E-state index contributed by atoms with van der Waals surface area (Å²) in [5.41, 5.74) is 1.14. The molecular formula is C7H10N2O3. The van der Waals surface area contributed by atoms with Gasteiger partial charge in [0.25, 0.3) is 0 Å². The van der Waals surface area contributed by atoms with Crippen LogP contribution >= 0.6 is 0 Å². The van der Waals surface area contributed by atoms with E-state index in [2.05, 4.69) is 14.9 Å². The molecule has 0 radical (unpaired) electrons. The summed E-state index contributed by atoms with van der Waals surface area (Å²) in [5.74, 6) is 0. The average Bonchev–Trinajstić information content (AvgIpc) is 2.53. The molecule has 1 N–H and O–H groups in total. The molecule has 1 aromatic heterocycles. The molecule has 0 spiro atoms. The largest absolute Gasteiger partial charge is 0.359 e. The Bertz CT molecular complexity index is 247. The standard InChI is InChI=1S/C7H10N2O3/c1-11-5-12-4-7-2-6(3-10)8-9-7/h2-3H,4-5H2,1H3,(H,8,9). The highest BCUT2D eigenvalue weighted by Crippen LogP contribution is 1.98. The van der Waals surface area contributed by atoms with Gasteiger partial charge < -0.3 is 9.47 Å². The molecule has 0 fully saturated rings. The van der Waals surface area contributed by atoms with Crippen LogP contribution in [0.25, 0.3) is 0 Å². The number of aromatic nitrogens is 2. The number of hydrogen-bond acceptors (Lipinski definition) is 4. The molecule has 0 atom stereocenters. The van der Waals surface area contributed by atoms with E-state index in [0.717, 1.165) is 5.69 Å². The molecule has 1 rings (SSSR count). The number of nitrogens with one attached hydrogen (secondary N) is 1. The zero-order valence-electron chi connectivity index (χ0n) is 6.74. The molecule has 5 heteroatoms. The van der Waals surface area contributed by atoms with E-state index in [0.29, 0.717) is 18.6 Å². The molecule has 1 aromatic rings. The van der Waals surface area contributed by atoms with Gasteiger partial charge in [0.15, 0.2) is 6.29 Å². The van der Waals surface area contributed by atoms with Gasteiger partial charge in [-0.25, -0.2) is 0 Å². The van der Waals surface area contributed by atoms with Gasteiger partial charge in [0, 0.05) is 7.11 Å². The Morgan fingerprint density at radius 2 is 2.58 bits per heavy atom. The van der Waals surface area contributed by atoms with Crippen LogP contribution in [0.15, 0.2) is 6.07 Å². The number of H-pyrrole nitrogens is 1. The summed E-state index contributed by atoms with van der Waals surface area (Å²) in [6.07, 6.45) is 0.677. The molecule has 66 valence electrons. The first-order valence-electron chi connectivity index (χ1n) is 3.43. The van der Waals surface area contributed by atoms with Crippen molar-refractivity contribution < 1.29 is 14.3 Å². The Hall–Kier alpha value is -1.20. The van der Waals surface area contributed by atoms with Crippen LogP contribution in [0.1, 0.15) is 16.2 Å². The predicted octanol–water partition coefficient (Wildman–Crippen LogP) is 0.343. The maximum absolute atomic E-state index is 10.2. The average molecular weight is 170 g/mol. The highest BCUT2D eigenvalue weighted by atomic mass is 16.7. The number of nitrogens with zero attached hydrogens (tertiary/aromatic N) is 1. The van der Waals surface area contributed by atoms with Gasteiger partial charge in [0.05, 0.1) is 12.3 Å². The lowest BCUT2D eigenvalue weighted by atomic mass is 10.4. The lowest BCUT2D eigenvalue weighted by molar-refractivity contribution is -0.0401. The molecule has 0 amide bonds. The minimum absolute atomic E-state index is 0.232. The van der Waals surface area contributed by atoms with Crippen LogP contribution < -0.4 is 0 Å². The van der Waals surface area contributed by atoms with E-state index >= 15 is 0 Å². The summed E-state index contributed by atoms with van der Waals surface area (Å²) >= 11 is 0. The van der Waals surface area contributed by atoms with E-state index in [9.17, 15) is 4.79 Å². The maximum atomic E-state index is 10.2. The molecule has 0 saturated heterocycles. The second kappa shape index (κ2) is 4.63. The molecule has 5 nitrogen and oxygen atoms in total. The Labute approximate surface area is 69.7 Å². The predicted molar refractivity (Wildman–Crippen MR) is 40.6 cm³/mol. The van der Waals surface area contributed by atoms with Crippen LogP contribution in [0, 0.1) is 0 Å². The number of carbonyl (C=O) groups is 1. The molecule has 0 aliphatic carbocycles. The van der Waals surface area contributed by atoms with E-state index in [4.69, 9.17) is 4.74 Å². The van der Waals surface area contributed by atoms with Gasteiger partial charge in [-0.2, -0.15) is 5.10 Å². The number of methoxy groups -OCH3 is 1. The summed E-state index contributed by atoms with van der Waals surface area (Å²) in [5, 5.41) is 6.35. The number of aldehydes is 1. The third kappa shape index (κ3) is 2.44. The molecule has 1 heterocycles. The summed E-state index contributed by atoms with van der Waals surface area (Å²) in [6, 6.07) is 1.63. The third-order valence-corrected chi connectivity index (χ3v) is 1.23. The van der Waals surface area contributed by atoms with E-state index in [1.54, 1.807) is 13.2 Å². The van der Waals surface area contributed by atoms with Crippen molar-refractivity contribution in [3.63, 3.8) is 0 Å². The first kappa shape index (κ1) is 8.89. The van der Waals surface area contributed by atoms with Crippen LogP contribution in [-0.4, -0.2) is 30.4 Å². The van der Waals surface area contributed by atoms with Crippen LogP contribution in [0.2, 0.25) is 0 Å². The lowest BCUT2D eigenvalue weighted by Gasteiger charge is -1.98. The quantitative estimate of drug-likeness (QED) is 0.393. The zero-order valence-corrected chi connectivity index (χ0v) is 6.74. The third-order valence-electron chi connectivity index (χ3n) is 1.23. The lowest BCUT2D eigenvalue weighted by Crippen LogP contribution is -1.96. The Morgan fingerprint density at radius 3 is 3.17 bits per heavy atom. The Morgan fingerprint density at radius 1 is 1.75 bits per heavy atom. The van der Waals surface area contributed by atoms with Gasteiger partial charge in [-0.1, -0.05) is 0 Å². The monoisotopic (exact) mass is 170 g/mol. The summed E-state index contributed by atoms with van der Waals surface area (Å²) in [4.78, 5) is 10.2. The van der Waals surface area contributed by atoms with E-state index < -0.39 is 0 Å². The first-order chi connectivity index (χ1) is 5.86. The molecule has 0 aliphatic heterocycles. The highest BCUT2D eigenvalue weighted by Gasteiger charge is 1.98. The molecular weight excluding hydrogens is 160 g/mol. The first-order valence-corrected chi connectivity index (χ1v) is 3.43. The summed E-state index contributed by atoms with van der Waals surface area (Å²) < 4.78 is 9.69. The smallest absolute Gasteiger partial charge is 0.170 e. The maximum Gasteiger partial charge on any atom is 0.170 e. The van der Waals surface area contributed by atoms with E-state index in [1.165, 1.54) is 0 Å². The van der Waals surface area contributed by atoms with Gasteiger partial charge in [0.1, 0.15) is 12.5 Å². The van der Waals surface area contributed by atoms with Gasteiger partial charge in [0.2, 0.25) is 0 Å². The molecule has 0 aromatic carbocycles. The van der Waals surface area contributed by atoms with Crippen molar-refractivity contribution in [3.8, 4) is 0 Å². The number of hydrogen-bond donors (Lipinski definition) is 1. The minimum Gasteiger partial charge on any atom is -0.359 e. The molecule has 12 heavy (non-hydrogen) atoms. The number of rotatable bonds is 5. The SMILES string of the molecule is COCOCc1cc(C=O)n[nH]1. The van der Waals surface area contributed by atoms with Crippen LogP contribution in [0.5, 0.6) is 0 Å². The molecule has 0 bridgehead atoms. The van der Waals surface area contributed by atoms with Crippen LogP contribution in [-0.2, 0) is 16.1 Å². The second-order valence-corrected chi connectivity index (χ2v) is 2.19. The molecule has 0 aliphatic rings. The second-order valence-electron chi connectivity index (χ2n) is 2.19. The van der Waals surface area contributed by atoms with Crippen molar-refractivity contribution in [1.82, 2.24) is 10.2 Å².